The molecule has 0 bridgehead atoms. The molecule has 0 heterocycles. The first-order chi connectivity index (χ1) is 27.9. The molecule has 0 N–H and O–H groups in total. The molecule has 0 aromatic carbocycles. The predicted molar refractivity (Wildman–Crippen MR) is 261 cm³/mol. The molecule has 0 aromatic heterocycles. The summed E-state index contributed by atoms with van der Waals surface area (Å²) in [4.78, 5) is 2.52. The maximum atomic E-state index is 6.11. The van der Waals surface area contributed by atoms with Gasteiger partial charge in [-0.05, 0) is 70.0 Å². The number of hydrogen-bond acceptors (Lipinski definition) is 2. The average molecular weight is 800 g/mol. The third-order valence-corrected chi connectivity index (χ3v) is 13.4. The lowest BCUT2D eigenvalue weighted by atomic mass is 9.88. The van der Waals surface area contributed by atoms with Crippen LogP contribution in [0.3, 0.4) is 0 Å². The van der Waals surface area contributed by atoms with E-state index in [1.165, 1.54) is 257 Å². The van der Waals surface area contributed by atoms with Crippen LogP contribution in [0, 0.1) is 17.8 Å². The van der Waals surface area contributed by atoms with E-state index >= 15 is 0 Å². The summed E-state index contributed by atoms with van der Waals surface area (Å²) in [7, 11) is 2.30. The van der Waals surface area contributed by atoms with Crippen LogP contribution in [-0.4, -0.2) is 31.6 Å². The number of nitrogens with zero attached hydrogens (tertiary/aromatic N) is 1. The van der Waals surface area contributed by atoms with Crippen molar-refractivity contribution in [1.82, 2.24) is 4.90 Å². The molecule has 0 aliphatic carbocycles. The van der Waals surface area contributed by atoms with Crippen LogP contribution in [0.4, 0.5) is 0 Å². The van der Waals surface area contributed by atoms with Gasteiger partial charge in [0.15, 0.2) is 0 Å². The van der Waals surface area contributed by atoms with E-state index < -0.39 is 0 Å². The van der Waals surface area contributed by atoms with Crippen LogP contribution in [0.1, 0.15) is 285 Å². The fraction of sp³-hybridized carbons (Fsp3) is 0.927. The minimum absolute atomic E-state index is 0.781. The maximum absolute atomic E-state index is 6.11. The maximum Gasteiger partial charge on any atom is 0.0890 e. The van der Waals surface area contributed by atoms with Gasteiger partial charge in [-0.3, -0.25) is 0 Å². The van der Waals surface area contributed by atoms with Gasteiger partial charge >= 0.3 is 0 Å². The molecule has 0 spiro atoms. The van der Waals surface area contributed by atoms with E-state index in [0.29, 0.717) is 0 Å². The second kappa shape index (κ2) is 44.8. The molecule has 0 aliphatic rings. The minimum atomic E-state index is 0.781. The Morgan fingerprint density at radius 3 is 1.18 bits per heavy atom. The molecular weight excluding hydrogens is 691 g/mol. The number of ether oxygens (including phenoxy) is 1. The molecule has 1 atom stereocenters. The normalized spacial score (nSPS) is 12.4. The number of hydrogen-bond donors (Lipinski definition) is 0. The highest BCUT2D eigenvalue weighted by molar-refractivity contribution is 4.95. The SMILES string of the molecule is C=C(CCCCCCCCCCCC(CCCCCCCCCCOC(=C)CC(CCCCC)CCCCC)CCN(C)CC)CC(CCCCC)CCCCC. The van der Waals surface area contributed by atoms with E-state index in [1.54, 1.807) is 5.57 Å². The molecule has 2 heteroatoms. The van der Waals surface area contributed by atoms with Crippen molar-refractivity contribution in [3.8, 4) is 0 Å². The van der Waals surface area contributed by atoms with E-state index in [2.05, 4.69) is 59.7 Å². The second-order valence-corrected chi connectivity index (χ2v) is 19.1. The molecule has 2 nitrogen and oxygen atoms in total. The fourth-order valence-corrected chi connectivity index (χ4v) is 9.17. The van der Waals surface area contributed by atoms with Gasteiger partial charge in [0.2, 0.25) is 0 Å². The Labute approximate surface area is 362 Å². The van der Waals surface area contributed by atoms with Gasteiger partial charge in [-0.2, -0.15) is 0 Å². The van der Waals surface area contributed by atoms with Crippen molar-refractivity contribution in [3.05, 3.63) is 24.5 Å². The van der Waals surface area contributed by atoms with Crippen LogP contribution in [0.15, 0.2) is 24.5 Å². The van der Waals surface area contributed by atoms with Crippen LogP contribution in [0.25, 0.3) is 0 Å². The third-order valence-electron chi connectivity index (χ3n) is 13.4. The van der Waals surface area contributed by atoms with Gasteiger partial charge < -0.3 is 9.64 Å². The molecule has 57 heavy (non-hydrogen) atoms. The van der Waals surface area contributed by atoms with Gasteiger partial charge in [-0.25, -0.2) is 0 Å². The summed E-state index contributed by atoms with van der Waals surface area (Å²) in [5.74, 6) is 3.68. The molecule has 0 radical (unpaired) electrons. The highest BCUT2D eigenvalue weighted by Crippen LogP contribution is 2.28. The van der Waals surface area contributed by atoms with Crippen molar-refractivity contribution >= 4 is 0 Å². The first-order valence-corrected chi connectivity index (χ1v) is 26.6. The quantitative estimate of drug-likeness (QED) is 0.0345. The summed E-state index contributed by atoms with van der Waals surface area (Å²) in [6.45, 7) is 23.7. The first-order valence-electron chi connectivity index (χ1n) is 26.6. The molecular formula is C55H109NO. The Kier molecular flexibility index (Phi) is 44.2. The van der Waals surface area contributed by atoms with Crippen LogP contribution >= 0.6 is 0 Å². The second-order valence-electron chi connectivity index (χ2n) is 19.1. The van der Waals surface area contributed by atoms with E-state index in [-0.39, 0.29) is 0 Å². The summed E-state index contributed by atoms with van der Waals surface area (Å²) in [5, 5.41) is 0. The van der Waals surface area contributed by atoms with Crippen LogP contribution in [0.5, 0.6) is 0 Å². The molecule has 0 fully saturated rings. The largest absolute Gasteiger partial charge is 0.499 e. The van der Waals surface area contributed by atoms with E-state index in [0.717, 1.165) is 36.5 Å². The number of rotatable bonds is 48. The zero-order valence-electron chi connectivity index (χ0n) is 40.7. The lowest BCUT2D eigenvalue weighted by molar-refractivity contribution is 0.182. The number of allylic oxidation sites excluding steroid dienone is 2. The molecule has 0 aliphatic heterocycles. The molecule has 1 unspecified atom stereocenters. The van der Waals surface area contributed by atoms with Gasteiger partial charge in [0.1, 0.15) is 0 Å². The summed E-state index contributed by atoms with van der Waals surface area (Å²) >= 11 is 0. The lowest BCUT2D eigenvalue weighted by Crippen LogP contribution is -2.21. The topological polar surface area (TPSA) is 12.5 Å². The predicted octanol–water partition coefficient (Wildman–Crippen LogP) is 19.2. The smallest absolute Gasteiger partial charge is 0.0890 e. The standard InChI is InChI=1S/C55H109NO/c1-9-14-31-42-54(43-32-15-10-2)49-51(6)39-35-27-23-19-18-20-24-28-36-40-53(46-47-56(8)13-5)41-37-29-25-21-22-26-30-38-48-57-52(7)50-55(44-33-16-11-3)45-34-17-12-4/h53-55H,6-7,9-50H2,1-5,8H3. The Hall–Kier alpha value is -0.760. The molecule has 0 amide bonds. The fourth-order valence-electron chi connectivity index (χ4n) is 9.17. The zero-order chi connectivity index (χ0) is 41.9. The van der Waals surface area contributed by atoms with Crippen LogP contribution in [0.2, 0.25) is 0 Å². The van der Waals surface area contributed by atoms with Crippen molar-refractivity contribution in [2.75, 3.05) is 26.7 Å². The van der Waals surface area contributed by atoms with Gasteiger partial charge in [-0.1, -0.05) is 265 Å². The van der Waals surface area contributed by atoms with Gasteiger partial charge in [0.25, 0.3) is 0 Å². The molecule has 0 rings (SSSR count). The first kappa shape index (κ1) is 56.2. The van der Waals surface area contributed by atoms with E-state index in [9.17, 15) is 0 Å². The Balaban J connectivity index is 4.00. The molecule has 340 valence electrons. The Morgan fingerprint density at radius 2 is 0.754 bits per heavy atom. The minimum Gasteiger partial charge on any atom is -0.499 e. The van der Waals surface area contributed by atoms with Gasteiger partial charge in [0.05, 0.1) is 12.4 Å². The van der Waals surface area contributed by atoms with E-state index in [4.69, 9.17) is 4.74 Å². The Bertz CT molecular complexity index is 739. The van der Waals surface area contributed by atoms with Crippen LogP contribution < -0.4 is 0 Å². The highest BCUT2D eigenvalue weighted by atomic mass is 16.5. The molecule has 0 saturated carbocycles. The third kappa shape index (κ3) is 40.4. The highest BCUT2D eigenvalue weighted by Gasteiger charge is 2.13. The summed E-state index contributed by atoms with van der Waals surface area (Å²) in [5.41, 5.74) is 1.55. The van der Waals surface area contributed by atoms with Crippen LogP contribution in [-0.2, 0) is 4.74 Å². The van der Waals surface area contributed by atoms with Gasteiger partial charge in [-0.15, -0.1) is 0 Å². The summed E-state index contributed by atoms with van der Waals surface area (Å²) in [6, 6.07) is 0. The van der Waals surface area contributed by atoms with Gasteiger partial charge in [0, 0.05) is 6.42 Å². The average Bonchev–Trinajstić information content (AvgIpc) is 3.20. The van der Waals surface area contributed by atoms with E-state index in [1.807, 2.05) is 0 Å². The van der Waals surface area contributed by atoms with Crippen molar-refractivity contribution in [1.29, 1.82) is 0 Å². The van der Waals surface area contributed by atoms with Crippen molar-refractivity contribution in [2.24, 2.45) is 17.8 Å². The molecule has 0 saturated heterocycles. The van der Waals surface area contributed by atoms with Crippen molar-refractivity contribution < 1.29 is 4.74 Å². The Morgan fingerprint density at radius 1 is 0.404 bits per heavy atom. The summed E-state index contributed by atoms with van der Waals surface area (Å²) < 4.78 is 6.11. The monoisotopic (exact) mass is 800 g/mol. The van der Waals surface area contributed by atoms with Crippen molar-refractivity contribution in [2.45, 2.75) is 285 Å². The number of unbranched alkanes of at least 4 members (excludes halogenated alkanes) is 23. The lowest BCUT2D eigenvalue weighted by Gasteiger charge is -2.21. The van der Waals surface area contributed by atoms with Crippen molar-refractivity contribution in [3.63, 3.8) is 0 Å². The molecule has 0 aromatic rings. The zero-order valence-corrected chi connectivity index (χ0v) is 40.7. The summed E-state index contributed by atoms with van der Waals surface area (Å²) in [6.07, 6.45) is 53.9.